The van der Waals surface area contributed by atoms with Gasteiger partial charge in [-0.05, 0) is 73.7 Å². The Labute approximate surface area is 222 Å². The van der Waals surface area contributed by atoms with Gasteiger partial charge in [0.05, 0.1) is 7.11 Å². The van der Waals surface area contributed by atoms with Crippen LogP contribution in [-0.4, -0.2) is 41.9 Å². The smallest absolute Gasteiger partial charge is 0.253 e. The molecule has 7 heteroatoms. The predicted molar refractivity (Wildman–Crippen MR) is 147 cm³/mol. The number of benzene rings is 3. The molecule has 1 aliphatic heterocycles. The second-order valence-electron chi connectivity index (χ2n) is 10.1. The van der Waals surface area contributed by atoms with Gasteiger partial charge in [0.15, 0.2) is 5.58 Å². The van der Waals surface area contributed by atoms with Crippen LogP contribution in [0.25, 0.3) is 22.6 Å². The molecule has 5 rings (SSSR count). The zero-order valence-corrected chi connectivity index (χ0v) is 22.1. The number of hydrogen-bond acceptors (Lipinski definition) is 5. The van der Waals surface area contributed by atoms with E-state index in [1.807, 2.05) is 73.3 Å². The number of piperidine rings is 1. The Morgan fingerprint density at radius 3 is 2.45 bits per heavy atom. The standard InChI is InChI=1S/C31H33N3O4/c1-20-4-8-24(9-5-20)30-33-27-18-25(10-13-28(27)38-30)31(36)34-16-14-23(15-17-34)21(2)29(35)32-19-22-6-11-26(37-3)12-7-22/h4-13,18,21,23H,14-17,19H2,1-3H3,(H,32,35). The number of nitrogens with one attached hydrogen (secondary N) is 1. The van der Waals surface area contributed by atoms with E-state index in [0.29, 0.717) is 42.2 Å². The van der Waals surface area contributed by atoms with E-state index in [9.17, 15) is 9.59 Å². The Morgan fingerprint density at radius 2 is 1.76 bits per heavy atom. The third-order valence-electron chi connectivity index (χ3n) is 7.51. The zero-order valence-electron chi connectivity index (χ0n) is 22.1. The fraction of sp³-hybridized carbons (Fsp3) is 0.323. The van der Waals surface area contributed by atoms with Crippen LogP contribution < -0.4 is 10.1 Å². The van der Waals surface area contributed by atoms with Gasteiger partial charge < -0.3 is 19.4 Å². The first-order valence-corrected chi connectivity index (χ1v) is 13.1. The summed E-state index contributed by atoms with van der Waals surface area (Å²) in [4.78, 5) is 32.5. The maximum atomic E-state index is 13.3. The minimum absolute atomic E-state index is 0.0122. The molecular formula is C31H33N3O4. The molecule has 0 saturated carbocycles. The number of rotatable bonds is 7. The lowest BCUT2D eigenvalue weighted by Crippen LogP contribution is -2.42. The number of ether oxygens (including phenoxy) is 1. The average molecular weight is 512 g/mol. The topological polar surface area (TPSA) is 84.7 Å². The van der Waals surface area contributed by atoms with Crippen molar-refractivity contribution in [2.75, 3.05) is 20.2 Å². The van der Waals surface area contributed by atoms with Gasteiger partial charge in [-0.15, -0.1) is 0 Å². The minimum Gasteiger partial charge on any atom is -0.497 e. The van der Waals surface area contributed by atoms with Crippen LogP contribution in [0.15, 0.2) is 71.1 Å². The third kappa shape index (κ3) is 5.57. The summed E-state index contributed by atoms with van der Waals surface area (Å²) in [7, 11) is 1.63. The largest absolute Gasteiger partial charge is 0.497 e. The predicted octanol–water partition coefficient (Wildman–Crippen LogP) is 5.62. The molecule has 7 nitrogen and oxygen atoms in total. The first kappa shape index (κ1) is 25.5. The number of carbonyl (C=O) groups excluding carboxylic acids is 2. The highest BCUT2D eigenvalue weighted by atomic mass is 16.5. The van der Waals surface area contributed by atoms with E-state index < -0.39 is 0 Å². The SMILES string of the molecule is COc1ccc(CNC(=O)C(C)C2CCN(C(=O)c3ccc4oc(-c5ccc(C)cc5)nc4c3)CC2)cc1. The number of oxazole rings is 1. The number of aromatic nitrogens is 1. The maximum Gasteiger partial charge on any atom is 0.253 e. The van der Waals surface area contributed by atoms with Crippen molar-refractivity contribution in [2.24, 2.45) is 11.8 Å². The Bertz CT molecular complexity index is 1420. The molecule has 2 amide bonds. The van der Waals surface area contributed by atoms with Gasteiger partial charge >= 0.3 is 0 Å². The van der Waals surface area contributed by atoms with Crippen LogP contribution in [0, 0.1) is 18.8 Å². The van der Waals surface area contributed by atoms with Crippen LogP contribution in [0.1, 0.15) is 41.3 Å². The van der Waals surface area contributed by atoms with Crippen molar-refractivity contribution in [3.8, 4) is 17.2 Å². The molecule has 1 aliphatic rings. The molecule has 1 fully saturated rings. The number of fused-ring (bicyclic) bond motifs is 1. The highest BCUT2D eigenvalue weighted by molar-refractivity contribution is 5.97. The lowest BCUT2D eigenvalue weighted by molar-refractivity contribution is -0.126. The zero-order chi connectivity index (χ0) is 26.6. The van der Waals surface area contributed by atoms with E-state index in [4.69, 9.17) is 9.15 Å². The van der Waals surface area contributed by atoms with E-state index in [0.717, 1.165) is 29.7 Å². The summed E-state index contributed by atoms with van der Waals surface area (Å²) < 4.78 is 11.1. The van der Waals surface area contributed by atoms with Crippen LogP contribution in [-0.2, 0) is 11.3 Å². The van der Waals surface area contributed by atoms with Gasteiger partial charge in [0, 0.05) is 36.7 Å². The normalized spacial score (nSPS) is 14.9. The number of amides is 2. The van der Waals surface area contributed by atoms with Crippen LogP contribution in [0.4, 0.5) is 0 Å². The van der Waals surface area contributed by atoms with E-state index in [1.165, 1.54) is 5.56 Å². The summed E-state index contributed by atoms with van der Waals surface area (Å²) in [5, 5.41) is 3.05. The molecular weight excluding hydrogens is 478 g/mol. The summed E-state index contributed by atoms with van der Waals surface area (Å²) in [6, 6.07) is 21.1. The van der Waals surface area contributed by atoms with Crippen molar-refractivity contribution in [1.82, 2.24) is 15.2 Å². The Hall–Kier alpha value is -4.13. The lowest BCUT2D eigenvalue weighted by atomic mass is 9.84. The van der Waals surface area contributed by atoms with Gasteiger partial charge in [0.2, 0.25) is 11.8 Å². The molecule has 0 spiro atoms. The molecule has 0 radical (unpaired) electrons. The molecule has 0 aliphatic carbocycles. The van der Waals surface area contributed by atoms with Gasteiger partial charge in [0.1, 0.15) is 11.3 Å². The quantitative estimate of drug-likeness (QED) is 0.348. The first-order chi connectivity index (χ1) is 18.4. The number of carbonyl (C=O) groups is 2. The summed E-state index contributed by atoms with van der Waals surface area (Å²) in [5.41, 5.74) is 5.04. The van der Waals surface area contributed by atoms with Crippen LogP contribution >= 0.6 is 0 Å². The molecule has 1 atom stereocenters. The molecule has 2 heterocycles. The Kier molecular flexibility index (Phi) is 7.45. The maximum absolute atomic E-state index is 13.3. The third-order valence-corrected chi connectivity index (χ3v) is 7.51. The lowest BCUT2D eigenvalue weighted by Gasteiger charge is -2.34. The van der Waals surface area contributed by atoms with Crippen LogP contribution in [0.5, 0.6) is 5.75 Å². The summed E-state index contributed by atoms with van der Waals surface area (Å²) in [5.74, 6) is 1.50. The number of aryl methyl sites for hydroxylation is 1. The molecule has 1 N–H and O–H groups in total. The Morgan fingerprint density at radius 1 is 1.05 bits per heavy atom. The summed E-state index contributed by atoms with van der Waals surface area (Å²) in [6.45, 7) is 5.77. The highest BCUT2D eigenvalue weighted by Gasteiger charge is 2.30. The van der Waals surface area contributed by atoms with Crippen molar-refractivity contribution >= 4 is 22.9 Å². The fourth-order valence-corrected chi connectivity index (χ4v) is 4.97. The van der Waals surface area contributed by atoms with E-state index in [2.05, 4.69) is 10.3 Å². The first-order valence-electron chi connectivity index (χ1n) is 13.1. The van der Waals surface area contributed by atoms with E-state index >= 15 is 0 Å². The minimum atomic E-state index is -0.114. The Balaban J connectivity index is 1.16. The van der Waals surface area contributed by atoms with Gasteiger partial charge in [-0.2, -0.15) is 0 Å². The second kappa shape index (κ2) is 11.1. The van der Waals surface area contributed by atoms with Crippen molar-refractivity contribution < 1.29 is 18.7 Å². The average Bonchev–Trinajstić information content (AvgIpc) is 3.39. The summed E-state index contributed by atoms with van der Waals surface area (Å²) >= 11 is 0. The van der Waals surface area contributed by atoms with Gasteiger partial charge in [-0.3, -0.25) is 9.59 Å². The monoisotopic (exact) mass is 511 g/mol. The molecule has 196 valence electrons. The molecule has 1 saturated heterocycles. The highest BCUT2D eigenvalue weighted by Crippen LogP contribution is 2.28. The molecule has 38 heavy (non-hydrogen) atoms. The van der Waals surface area contributed by atoms with Crippen molar-refractivity contribution in [3.63, 3.8) is 0 Å². The van der Waals surface area contributed by atoms with Crippen LogP contribution in [0.3, 0.4) is 0 Å². The van der Waals surface area contributed by atoms with Crippen molar-refractivity contribution in [2.45, 2.75) is 33.2 Å². The molecule has 4 aromatic rings. The molecule has 0 bridgehead atoms. The number of nitrogens with zero attached hydrogens (tertiary/aromatic N) is 2. The van der Waals surface area contributed by atoms with Crippen molar-refractivity contribution in [1.29, 1.82) is 0 Å². The van der Waals surface area contributed by atoms with Crippen LogP contribution in [0.2, 0.25) is 0 Å². The second-order valence-corrected chi connectivity index (χ2v) is 10.1. The van der Waals surface area contributed by atoms with Gasteiger partial charge in [-0.25, -0.2) is 4.98 Å². The number of hydrogen-bond donors (Lipinski definition) is 1. The van der Waals surface area contributed by atoms with Crippen molar-refractivity contribution in [3.05, 3.63) is 83.4 Å². The fourth-order valence-electron chi connectivity index (χ4n) is 4.97. The van der Waals surface area contributed by atoms with E-state index in [1.54, 1.807) is 19.2 Å². The van der Waals surface area contributed by atoms with Gasteiger partial charge in [-0.1, -0.05) is 36.8 Å². The number of methoxy groups -OCH3 is 1. The summed E-state index contributed by atoms with van der Waals surface area (Å²) in [6.07, 6.45) is 1.60. The molecule has 3 aromatic carbocycles. The molecule has 1 aromatic heterocycles. The van der Waals surface area contributed by atoms with E-state index in [-0.39, 0.29) is 23.7 Å². The van der Waals surface area contributed by atoms with Gasteiger partial charge in [0.25, 0.3) is 5.91 Å². The molecule has 1 unspecified atom stereocenters. The number of likely N-dealkylation sites (tertiary alicyclic amines) is 1.